The Morgan fingerprint density at radius 3 is 2.69 bits per heavy atom. The van der Waals surface area contributed by atoms with Crippen LogP contribution in [0.4, 0.5) is 11.6 Å². The van der Waals surface area contributed by atoms with E-state index in [2.05, 4.69) is 15.6 Å². The van der Waals surface area contributed by atoms with Crippen LogP contribution in [0.25, 0.3) is 0 Å². The van der Waals surface area contributed by atoms with Gasteiger partial charge in [0.15, 0.2) is 0 Å². The zero-order chi connectivity index (χ0) is 25.1. The van der Waals surface area contributed by atoms with E-state index < -0.39 is 6.04 Å². The molecule has 1 aliphatic rings. The summed E-state index contributed by atoms with van der Waals surface area (Å²) >= 11 is 7.80. The molecule has 0 radical (unpaired) electrons. The number of halogens is 1. The molecule has 2 aromatic carbocycles. The number of thioether (sulfide) groups is 1. The number of methoxy groups -OCH3 is 1. The van der Waals surface area contributed by atoms with E-state index in [9.17, 15) is 4.79 Å². The third-order valence-corrected chi connectivity index (χ3v) is 7.00. The topological polar surface area (TPSA) is 94.0 Å². The summed E-state index contributed by atoms with van der Waals surface area (Å²) in [6, 6.07) is 18.4. The second-order valence-electron chi connectivity index (χ2n) is 8.08. The number of hydrogen-bond acceptors (Lipinski definition) is 7. The van der Waals surface area contributed by atoms with Gasteiger partial charge in [-0.15, -0.1) is 5.10 Å². The molecule has 0 saturated carbocycles. The number of benzene rings is 2. The molecule has 1 atom stereocenters. The number of carbonyl (C=O) groups is 1. The van der Waals surface area contributed by atoms with Gasteiger partial charge in [-0.2, -0.15) is 4.98 Å². The van der Waals surface area contributed by atoms with Gasteiger partial charge in [0.1, 0.15) is 11.8 Å². The molecular weight excluding hydrogens is 496 g/mol. The number of allylic oxidation sites excluding steroid dienone is 1. The highest BCUT2D eigenvalue weighted by molar-refractivity contribution is 7.98. The summed E-state index contributed by atoms with van der Waals surface area (Å²) in [5.74, 6) is 1.66. The fourth-order valence-corrected chi connectivity index (χ4v) is 5.09. The molecule has 8 nitrogen and oxygen atoms in total. The van der Waals surface area contributed by atoms with Crippen molar-refractivity contribution in [1.29, 1.82) is 0 Å². The van der Waals surface area contributed by atoms with Crippen LogP contribution in [0.2, 0.25) is 5.02 Å². The van der Waals surface area contributed by atoms with Gasteiger partial charge in [0.25, 0.3) is 5.91 Å². The Kier molecular flexibility index (Phi) is 6.92. The molecule has 0 bridgehead atoms. The van der Waals surface area contributed by atoms with Crippen molar-refractivity contribution in [1.82, 2.24) is 19.7 Å². The predicted molar refractivity (Wildman–Crippen MR) is 141 cm³/mol. The second-order valence-corrected chi connectivity index (χ2v) is 9.43. The van der Waals surface area contributed by atoms with Crippen molar-refractivity contribution >= 4 is 40.9 Å². The molecule has 0 fully saturated rings. The van der Waals surface area contributed by atoms with Crippen molar-refractivity contribution in [2.45, 2.75) is 23.9 Å². The molecule has 2 N–H and O–H groups in total. The van der Waals surface area contributed by atoms with Crippen molar-refractivity contribution in [2.24, 2.45) is 0 Å². The molecule has 182 valence electrons. The lowest BCUT2D eigenvalue weighted by Gasteiger charge is -2.28. The molecule has 36 heavy (non-hydrogen) atoms. The number of rotatable bonds is 7. The van der Waals surface area contributed by atoms with Crippen molar-refractivity contribution in [3.8, 4) is 5.75 Å². The quantitative estimate of drug-likeness (QED) is 0.309. The lowest BCUT2D eigenvalue weighted by Crippen LogP contribution is -2.31. The summed E-state index contributed by atoms with van der Waals surface area (Å²) in [4.78, 5) is 22.3. The largest absolute Gasteiger partial charge is 0.497 e. The first kappa shape index (κ1) is 23.9. The van der Waals surface area contributed by atoms with Gasteiger partial charge in [-0.25, -0.2) is 4.68 Å². The van der Waals surface area contributed by atoms with Gasteiger partial charge in [0.05, 0.1) is 24.6 Å². The Labute approximate surface area is 217 Å². The van der Waals surface area contributed by atoms with Crippen LogP contribution < -0.4 is 15.4 Å². The average molecular weight is 519 g/mol. The molecule has 0 unspecified atom stereocenters. The Morgan fingerprint density at radius 2 is 1.97 bits per heavy atom. The van der Waals surface area contributed by atoms with Crippen LogP contribution >= 0.6 is 23.4 Å². The first-order chi connectivity index (χ1) is 17.5. The maximum absolute atomic E-state index is 13.5. The second kappa shape index (κ2) is 10.4. The Hall–Kier alpha value is -3.82. The first-order valence-electron chi connectivity index (χ1n) is 11.2. The first-order valence-corrected chi connectivity index (χ1v) is 12.6. The highest BCUT2D eigenvalue weighted by Crippen LogP contribution is 2.37. The van der Waals surface area contributed by atoms with E-state index in [-0.39, 0.29) is 5.91 Å². The van der Waals surface area contributed by atoms with E-state index in [1.165, 1.54) is 11.8 Å². The summed E-state index contributed by atoms with van der Waals surface area (Å²) in [5, 5.41) is 12.3. The van der Waals surface area contributed by atoms with Crippen molar-refractivity contribution < 1.29 is 9.53 Å². The standard InChI is InChI=1S/C26H23ClN6O2S/c1-16-22(24(34)30-19-7-5-13-28-14-19)23(17-9-11-20(35-2)12-10-17)33-25(29-16)31-26(32-33)36-15-18-6-3-4-8-21(18)27/h3-14,23H,15H2,1-2H3,(H,30,34)(H,29,31,32)/t23-/m0/s1. The molecule has 1 aliphatic heterocycles. The zero-order valence-corrected chi connectivity index (χ0v) is 21.2. The van der Waals surface area contributed by atoms with Gasteiger partial charge in [-0.1, -0.05) is 53.7 Å². The number of carbonyl (C=O) groups excluding carboxylic acids is 1. The predicted octanol–water partition coefficient (Wildman–Crippen LogP) is 5.56. The average Bonchev–Trinajstić information content (AvgIpc) is 3.30. The Bertz CT molecular complexity index is 1420. The van der Waals surface area contributed by atoms with Crippen molar-refractivity contribution in [2.75, 3.05) is 17.7 Å². The lowest BCUT2D eigenvalue weighted by molar-refractivity contribution is -0.113. The fraction of sp³-hybridized carbons (Fsp3) is 0.154. The number of fused-ring (bicyclic) bond motifs is 1. The maximum atomic E-state index is 13.5. The summed E-state index contributed by atoms with van der Waals surface area (Å²) in [6.07, 6.45) is 3.27. The van der Waals surface area contributed by atoms with Crippen LogP contribution in [0.3, 0.4) is 0 Å². The minimum Gasteiger partial charge on any atom is -0.497 e. The molecule has 10 heteroatoms. The summed E-state index contributed by atoms with van der Waals surface area (Å²) in [5.41, 5.74) is 3.71. The fourth-order valence-electron chi connectivity index (χ4n) is 3.97. The van der Waals surface area contributed by atoms with Gasteiger partial charge in [-0.3, -0.25) is 9.78 Å². The number of pyridine rings is 1. The lowest BCUT2D eigenvalue weighted by atomic mass is 9.95. The number of anilines is 2. The molecule has 3 heterocycles. The summed E-state index contributed by atoms with van der Waals surface area (Å²) in [6.45, 7) is 1.86. The molecule has 0 saturated heterocycles. The number of aromatic nitrogens is 4. The van der Waals surface area contributed by atoms with Gasteiger partial charge < -0.3 is 15.4 Å². The smallest absolute Gasteiger partial charge is 0.255 e. The Morgan fingerprint density at radius 1 is 1.17 bits per heavy atom. The minimum atomic E-state index is -0.494. The highest BCUT2D eigenvalue weighted by atomic mass is 35.5. The van der Waals surface area contributed by atoms with E-state index in [4.69, 9.17) is 26.4 Å². The van der Waals surface area contributed by atoms with E-state index >= 15 is 0 Å². The van der Waals surface area contributed by atoms with Crippen LogP contribution in [0, 0.1) is 0 Å². The molecule has 5 rings (SSSR count). The number of nitrogens with one attached hydrogen (secondary N) is 2. The third-order valence-electron chi connectivity index (χ3n) is 5.74. The molecule has 0 spiro atoms. The molecule has 1 amide bonds. The molecule has 0 aliphatic carbocycles. The summed E-state index contributed by atoms with van der Waals surface area (Å²) < 4.78 is 7.08. The van der Waals surface area contributed by atoms with E-state index in [1.807, 2.05) is 55.5 Å². The van der Waals surface area contributed by atoms with Crippen molar-refractivity contribution in [3.05, 3.63) is 100 Å². The number of ether oxygens (including phenoxy) is 1. The van der Waals surface area contributed by atoms with Crippen LogP contribution in [0.5, 0.6) is 5.75 Å². The van der Waals surface area contributed by atoms with Gasteiger partial charge >= 0.3 is 0 Å². The van der Waals surface area contributed by atoms with Gasteiger partial charge in [0, 0.05) is 22.7 Å². The van der Waals surface area contributed by atoms with Crippen LogP contribution in [0.15, 0.2) is 89.5 Å². The zero-order valence-electron chi connectivity index (χ0n) is 19.6. The normalized spacial score (nSPS) is 14.7. The van der Waals surface area contributed by atoms with E-state index in [0.29, 0.717) is 38.8 Å². The minimum absolute atomic E-state index is 0.250. The van der Waals surface area contributed by atoms with Crippen LogP contribution in [-0.4, -0.2) is 32.8 Å². The number of amides is 1. The van der Waals surface area contributed by atoms with Gasteiger partial charge in [0.2, 0.25) is 11.1 Å². The Balaban J connectivity index is 1.49. The maximum Gasteiger partial charge on any atom is 0.255 e. The SMILES string of the molecule is COc1ccc([C@H]2C(C(=O)Nc3cccnc3)=C(C)Nc3nc(SCc4ccccc4Cl)nn32)cc1. The highest BCUT2D eigenvalue weighted by Gasteiger charge is 2.34. The number of hydrogen-bond donors (Lipinski definition) is 2. The summed E-state index contributed by atoms with van der Waals surface area (Å²) in [7, 11) is 1.62. The third kappa shape index (κ3) is 4.93. The van der Waals surface area contributed by atoms with Crippen LogP contribution in [-0.2, 0) is 10.5 Å². The number of nitrogens with zero attached hydrogens (tertiary/aromatic N) is 4. The van der Waals surface area contributed by atoms with Crippen molar-refractivity contribution in [3.63, 3.8) is 0 Å². The molecular formula is C26H23ClN6O2S. The van der Waals surface area contributed by atoms with E-state index in [0.717, 1.165) is 16.9 Å². The molecule has 4 aromatic rings. The van der Waals surface area contributed by atoms with E-state index in [1.54, 1.807) is 36.3 Å². The molecule has 2 aromatic heterocycles. The van der Waals surface area contributed by atoms with Crippen LogP contribution in [0.1, 0.15) is 24.1 Å². The monoisotopic (exact) mass is 518 g/mol. The van der Waals surface area contributed by atoms with Gasteiger partial charge in [-0.05, 0) is 48.4 Å².